The Kier molecular flexibility index (Phi) is 6.91. The van der Waals surface area contributed by atoms with Gasteiger partial charge in [-0.05, 0) is 35.9 Å². The maximum absolute atomic E-state index is 12.8. The predicted molar refractivity (Wildman–Crippen MR) is 125 cm³/mol. The van der Waals surface area contributed by atoms with Crippen LogP contribution in [0.3, 0.4) is 0 Å². The van der Waals surface area contributed by atoms with E-state index in [-0.39, 0.29) is 23.3 Å². The molecule has 0 spiro atoms. The number of ether oxygens (including phenoxy) is 1. The van der Waals surface area contributed by atoms with Gasteiger partial charge in [0.2, 0.25) is 0 Å². The first-order chi connectivity index (χ1) is 15.4. The zero-order valence-corrected chi connectivity index (χ0v) is 19.3. The number of amides is 1. The van der Waals surface area contributed by atoms with Crippen molar-refractivity contribution in [1.29, 1.82) is 0 Å². The summed E-state index contributed by atoms with van der Waals surface area (Å²) in [6.45, 7) is 0.398. The van der Waals surface area contributed by atoms with Gasteiger partial charge in [0, 0.05) is 12.4 Å². The lowest BCUT2D eigenvalue weighted by Crippen LogP contribution is -2.20. The molecule has 32 heavy (non-hydrogen) atoms. The first kappa shape index (κ1) is 22.5. The number of nitrogens with zero attached hydrogens (tertiary/aromatic N) is 4. The fourth-order valence-electron chi connectivity index (χ4n) is 2.88. The zero-order chi connectivity index (χ0) is 22.7. The third-order valence-electron chi connectivity index (χ3n) is 4.41. The van der Waals surface area contributed by atoms with E-state index in [1.54, 1.807) is 53.3 Å². The van der Waals surface area contributed by atoms with Crippen molar-refractivity contribution < 1.29 is 9.53 Å². The Morgan fingerprint density at radius 3 is 2.56 bits per heavy atom. The van der Waals surface area contributed by atoms with E-state index in [0.29, 0.717) is 27.4 Å². The minimum absolute atomic E-state index is 0.00101. The van der Waals surface area contributed by atoms with Crippen LogP contribution in [0.25, 0.3) is 0 Å². The summed E-state index contributed by atoms with van der Waals surface area (Å²) < 4.78 is 8.65. The van der Waals surface area contributed by atoms with Gasteiger partial charge in [0.1, 0.15) is 16.5 Å². The van der Waals surface area contributed by atoms with Gasteiger partial charge in [-0.15, -0.1) is 0 Å². The highest BCUT2D eigenvalue weighted by Gasteiger charge is 2.17. The molecule has 164 valence electrons. The van der Waals surface area contributed by atoms with Crippen LogP contribution in [-0.2, 0) is 13.3 Å². The van der Waals surface area contributed by atoms with E-state index in [1.807, 2.05) is 6.07 Å². The van der Waals surface area contributed by atoms with Crippen molar-refractivity contribution in [2.24, 2.45) is 0 Å². The summed E-state index contributed by atoms with van der Waals surface area (Å²) in [5.41, 5.74) is 1.15. The van der Waals surface area contributed by atoms with Gasteiger partial charge in [0.25, 0.3) is 5.91 Å². The zero-order valence-electron chi connectivity index (χ0n) is 16.3. The largest absolute Gasteiger partial charge is 0.470 e. The Balaban J connectivity index is 1.44. The van der Waals surface area contributed by atoms with Gasteiger partial charge >= 0.3 is 0 Å². The van der Waals surface area contributed by atoms with Gasteiger partial charge in [0.05, 0.1) is 21.6 Å². The van der Waals surface area contributed by atoms with Crippen molar-refractivity contribution in [3.8, 4) is 5.75 Å². The van der Waals surface area contributed by atoms with E-state index < -0.39 is 5.91 Å². The second-order valence-corrected chi connectivity index (χ2v) is 8.27. The van der Waals surface area contributed by atoms with E-state index >= 15 is 0 Å². The molecule has 0 bridgehead atoms. The second kappa shape index (κ2) is 9.83. The van der Waals surface area contributed by atoms with Crippen molar-refractivity contribution in [3.63, 3.8) is 0 Å². The summed E-state index contributed by atoms with van der Waals surface area (Å²) in [5, 5.41) is 12.8. The first-order valence-corrected chi connectivity index (χ1v) is 10.8. The normalized spacial score (nSPS) is 10.9. The van der Waals surface area contributed by atoms with Crippen LogP contribution in [-0.4, -0.2) is 25.5 Å². The van der Waals surface area contributed by atoms with E-state index in [1.165, 1.54) is 10.9 Å². The van der Waals surface area contributed by atoms with Gasteiger partial charge < -0.3 is 10.1 Å². The van der Waals surface area contributed by atoms with Crippen molar-refractivity contribution in [1.82, 2.24) is 19.6 Å². The maximum Gasteiger partial charge on any atom is 0.275 e. The predicted octanol–water partition coefficient (Wildman–Crippen LogP) is 6.03. The SMILES string of the molecule is O=C(Nc1nn(Cc2ccc(Cl)c(Cl)c2)cc1Cl)c1ccnn1COc1ccccc1Cl. The molecule has 0 aliphatic carbocycles. The molecule has 0 atom stereocenters. The van der Waals surface area contributed by atoms with Crippen LogP contribution in [0.4, 0.5) is 5.82 Å². The molecule has 4 rings (SSSR count). The van der Waals surface area contributed by atoms with Gasteiger partial charge in [-0.2, -0.15) is 10.2 Å². The topological polar surface area (TPSA) is 74.0 Å². The fourth-order valence-corrected chi connectivity index (χ4v) is 3.59. The second-order valence-electron chi connectivity index (χ2n) is 6.65. The number of anilines is 1. The number of hydrogen-bond donors (Lipinski definition) is 1. The number of aromatic nitrogens is 4. The summed E-state index contributed by atoms with van der Waals surface area (Å²) in [6, 6.07) is 13.9. The minimum Gasteiger partial charge on any atom is -0.470 e. The molecular formula is C21H15Cl4N5O2. The van der Waals surface area contributed by atoms with E-state index in [9.17, 15) is 4.79 Å². The molecule has 0 fully saturated rings. The van der Waals surface area contributed by atoms with Crippen LogP contribution in [0.15, 0.2) is 60.9 Å². The fraction of sp³-hybridized carbons (Fsp3) is 0.0952. The maximum atomic E-state index is 12.8. The number of benzene rings is 2. The third kappa shape index (κ3) is 5.19. The number of hydrogen-bond acceptors (Lipinski definition) is 4. The highest BCUT2D eigenvalue weighted by molar-refractivity contribution is 6.42. The molecule has 7 nitrogen and oxygen atoms in total. The van der Waals surface area contributed by atoms with Gasteiger partial charge in [-0.1, -0.05) is 64.6 Å². The molecule has 0 aliphatic heterocycles. The molecule has 0 radical (unpaired) electrons. The summed E-state index contributed by atoms with van der Waals surface area (Å²) in [4.78, 5) is 12.8. The van der Waals surface area contributed by atoms with Crippen LogP contribution in [0.5, 0.6) is 5.75 Å². The molecule has 0 unspecified atom stereocenters. The van der Waals surface area contributed by atoms with Crippen LogP contribution < -0.4 is 10.1 Å². The Hall–Kier alpha value is -2.71. The van der Waals surface area contributed by atoms with E-state index in [4.69, 9.17) is 51.1 Å². The number of rotatable bonds is 7. The Morgan fingerprint density at radius 2 is 1.78 bits per heavy atom. The summed E-state index contributed by atoms with van der Waals surface area (Å²) >= 11 is 24.4. The van der Waals surface area contributed by atoms with Crippen LogP contribution in [0.1, 0.15) is 16.1 Å². The van der Waals surface area contributed by atoms with Crippen LogP contribution >= 0.6 is 46.4 Å². The lowest BCUT2D eigenvalue weighted by atomic mass is 10.2. The van der Waals surface area contributed by atoms with Gasteiger partial charge in [-0.3, -0.25) is 9.48 Å². The Morgan fingerprint density at radius 1 is 0.969 bits per heavy atom. The van der Waals surface area contributed by atoms with Crippen molar-refractivity contribution >= 4 is 58.1 Å². The highest BCUT2D eigenvalue weighted by Crippen LogP contribution is 2.25. The average Bonchev–Trinajstić information content (AvgIpc) is 3.36. The lowest BCUT2D eigenvalue weighted by Gasteiger charge is -2.10. The number of carbonyl (C=O) groups excluding carboxylic acids is 1. The molecule has 2 aromatic heterocycles. The Labute approximate surface area is 203 Å². The first-order valence-electron chi connectivity index (χ1n) is 9.28. The van der Waals surface area contributed by atoms with E-state index in [0.717, 1.165) is 5.56 Å². The molecule has 1 amide bonds. The summed E-state index contributed by atoms with van der Waals surface area (Å²) in [5.74, 6) is 0.267. The molecule has 2 heterocycles. The van der Waals surface area contributed by atoms with Crippen molar-refractivity contribution in [3.05, 3.63) is 92.3 Å². The van der Waals surface area contributed by atoms with Crippen LogP contribution in [0.2, 0.25) is 20.1 Å². The number of para-hydroxylation sites is 1. The summed E-state index contributed by atoms with van der Waals surface area (Å²) in [7, 11) is 0. The highest BCUT2D eigenvalue weighted by atomic mass is 35.5. The quantitative estimate of drug-likeness (QED) is 0.329. The monoisotopic (exact) mass is 509 g/mol. The Bertz CT molecular complexity index is 1270. The van der Waals surface area contributed by atoms with Gasteiger partial charge in [-0.25, -0.2) is 4.68 Å². The molecule has 1 N–H and O–H groups in total. The van der Waals surface area contributed by atoms with Crippen molar-refractivity contribution in [2.45, 2.75) is 13.3 Å². The van der Waals surface area contributed by atoms with Gasteiger partial charge in [0.15, 0.2) is 12.5 Å². The number of halogens is 4. The minimum atomic E-state index is -0.438. The molecule has 2 aromatic carbocycles. The number of nitrogens with one attached hydrogen (secondary N) is 1. The summed E-state index contributed by atoms with van der Waals surface area (Å²) in [6.07, 6.45) is 3.10. The van der Waals surface area contributed by atoms with E-state index in [2.05, 4.69) is 15.5 Å². The standard InChI is InChI=1S/C21H15Cl4N5O2/c22-14-6-5-13(9-16(14)24)10-29-11-17(25)20(28-29)27-21(31)18-7-8-26-30(18)12-32-19-4-2-1-3-15(19)23/h1-9,11H,10,12H2,(H,27,28,31). The molecular weight excluding hydrogens is 496 g/mol. The average molecular weight is 511 g/mol. The molecule has 11 heteroatoms. The molecule has 0 aliphatic rings. The van der Waals surface area contributed by atoms with Crippen molar-refractivity contribution in [2.75, 3.05) is 5.32 Å². The van der Waals surface area contributed by atoms with Crippen LogP contribution in [0, 0.1) is 0 Å². The molecule has 0 saturated carbocycles. The smallest absolute Gasteiger partial charge is 0.275 e. The molecule has 4 aromatic rings. The third-order valence-corrected chi connectivity index (χ3v) is 5.73. The molecule has 0 saturated heterocycles. The lowest BCUT2D eigenvalue weighted by molar-refractivity contribution is 0.100. The number of carbonyl (C=O) groups is 1.